The number of nitriles is 1. The van der Waals surface area contributed by atoms with Gasteiger partial charge in [0.15, 0.2) is 0 Å². The molecule has 0 bridgehead atoms. The molecule has 0 saturated carbocycles. The lowest BCUT2D eigenvalue weighted by atomic mass is 10.1. The number of sulfonamides is 1. The van der Waals surface area contributed by atoms with Gasteiger partial charge in [0.2, 0.25) is 15.9 Å². The molecule has 0 unspecified atom stereocenters. The van der Waals surface area contributed by atoms with E-state index >= 15 is 0 Å². The average Bonchev–Trinajstić information content (AvgIpc) is 2.28. The van der Waals surface area contributed by atoms with Crippen LogP contribution in [0.5, 0.6) is 0 Å². The lowest BCUT2D eigenvalue weighted by Crippen LogP contribution is -2.36. The summed E-state index contributed by atoms with van der Waals surface area (Å²) in [4.78, 5) is 10.7. The Kier molecular flexibility index (Phi) is 4.42. The molecule has 0 aromatic heterocycles. The summed E-state index contributed by atoms with van der Waals surface area (Å²) >= 11 is 0. The summed E-state index contributed by atoms with van der Waals surface area (Å²) in [7, 11) is -2.39. The van der Waals surface area contributed by atoms with Crippen LogP contribution in [-0.4, -0.2) is 32.2 Å². The standard InChI is InChI=1S/C11H13N3O3S/c1-14(7-11(13)15)18(16,17)8-10-5-3-2-4-9(10)6-12/h2-5H,7-8H2,1H3,(H2,13,15). The third-order valence-corrected chi connectivity index (χ3v) is 4.08. The van der Waals surface area contributed by atoms with E-state index in [4.69, 9.17) is 11.0 Å². The van der Waals surface area contributed by atoms with Crippen molar-refractivity contribution in [1.29, 1.82) is 5.26 Å². The molecule has 2 N–H and O–H groups in total. The first-order chi connectivity index (χ1) is 8.36. The number of hydrogen-bond donors (Lipinski definition) is 1. The molecule has 18 heavy (non-hydrogen) atoms. The molecule has 1 rings (SSSR count). The van der Waals surface area contributed by atoms with Crippen molar-refractivity contribution < 1.29 is 13.2 Å². The fourth-order valence-electron chi connectivity index (χ4n) is 1.38. The van der Waals surface area contributed by atoms with Gasteiger partial charge in [0.25, 0.3) is 0 Å². The van der Waals surface area contributed by atoms with Gasteiger partial charge in [-0.2, -0.15) is 9.57 Å². The maximum absolute atomic E-state index is 11.9. The molecule has 0 spiro atoms. The summed E-state index contributed by atoms with van der Waals surface area (Å²) in [6.45, 7) is -0.378. The van der Waals surface area contributed by atoms with E-state index in [1.165, 1.54) is 7.05 Å². The van der Waals surface area contributed by atoms with E-state index in [1.807, 2.05) is 6.07 Å². The lowest BCUT2D eigenvalue weighted by molar-refractivity contribution is -0.118. The number of primary amides is 1. The predicted octanol–water partition coefficient (Wildman–Crippen LogP) is -0.195. The van der Waals surface area contributed by atoms with Crippen molar-refractivity contribution in [2.75, 3.05) is 13.6 Å². The van der Waals surface area contributed by atoms with Crippen molar-refractivity contribution >= 4 is 15.9 Å². The van der Waals surface area contributed by atoms with E-state index in [2.05, 4.69) is 0 Å². The van der Waals surface area contributed by atoms with Gasteiger partial charge in [-0.05, 0) is 11.6 Å². The first-order valence-electron chi connectivity index (χ1n) is 5.07. The number of rotatable bonds is 5. The first-order valence-corrected chi connectivity index (χ1v) is 6.68. The third-order valence-electron chi connectivity index (χ3n) is 2.33. The Bertz CT molecular complexity index is 590. The fourth-order valence-corrected chi connectivity index (χ4v) is 2.57. The number of nitrogens with two attached hydrogens (primary N) is 1. The summed E-state index contributed by atoms with van der Waals surface area (Å²) in [5, 5.41) is 8.87. The first kappa shape index (κ1) is 14.2. The number of benzene rings is 1. The summed E-state index contributed by atoms with van der Waals surface area (Å²) in [5.74, 6) is -1.06. The monoisotopic (exact) mass is 267 g/mol. The van der Waals surface area contributed by atoms with Crippen LogP contribution in [0.4, 0.5) is 0 Å². The van der Waals surface area contributed by atoms with Gasteiger partial charge in [-0.15, -0.1) is 0 Å². The number of nitrogens with zero attached hydrogens (tertiary/aromatic N) is 2. The minimum absolute atomic E-state index is 0.300. The third kappa shape index (κ3) is 3.55. The van der Waals surface area contributed by atoms with Gasteiger partial charge < -0.3 is 5.73 Å². The smallest absolute Gasteiger partial charge is 0.232 e. The second-order valence-corrected chi connectivity index (χ2v) is 5.82. The van der Waals surface area contributed by atoms with Crippen molar-refractivity contribution in [3.05, 3.63) is 35.4 Å². The van der Waals surface area contributed by atoms with Crippen LogP contribution in [0.2, 0.25) is 0 Å². The van der Waals surface area contributed by atoms with Crippen molar-refractivity contribution in [2.24, 2.45) is 5.73 Å². The van der Waals surface area contributed by atoms with Crippen LogP contribution in [0, 0.1) is 11.3 Å². The molecule has 1 amide bonds. The number of likely N-dealkylation sites (N-methyl/N-ethyl adjacent to an activating group) is 1. The summed E-state index contributed by atoms with van der Waals surface area (Å²) in [6.07, 6.45) is 0. The highest BCUT2D eigenvalue weighted by atomic mass is 32.2. The van der Waals surface area contributed by atoms with E-state index < -0.39 is 15.9 Å². The maximum atomic E-state index is 11.9. The Hall–Kier alpha value is -1.91. The highest BCUT2D eigenvalue weighted by Gasteiger charge is 2.21. The van der Waals surface area contributed by atoms with E-state index in [0.29, 0.717) is 11.1 Å². The molecule has 6 nitrogen and oxygen atoms in total. The minimum Gasteiger partial charge on any atom is -0.369 e. The molecular formula is C11H13N3O3S. The summed E-state index contributed by atoms with van der Waals surface area (Å²) in [6, 6.07) is 8.33. The quantitative estimate of drug-likeness (QED) is 0.798. The maximum Gasteiger partial charge on any atom is 0.232 e. The highest BCUT2D eigenvalue weighted by Crippen LogP contribution is 2.13. The Morgan fingerprint density at radius 1 is 1.44 bits per heavy atom. The van der Waals surface area contributed by atoms with Crippen LogP contribution >= 0.6 is 0 Å². The van der Waals surface area contributed by atoms with Crippen LogP contribution in [0.3, 0.4) is 0 Å². The normalized spacial score (nSPS) is 11.2. The van der Waals surface area contributed by atoms with Gasteiger partial charge in [0.05, 0.1) is 23.9 Å². The summed E-state index contributed by atoms with van der Waals surface area (Å²) < 4.78 is 24.7. The number of hydrogen-bond acceptors (Lipinski definition) is 4. The minimum atomic E-state index is -3.66. The van der Waals surface area contributed by atoms with Gasteiger partial charge in [-0.1, -0.05) is 18.2 Å². The number of amides is 1. The van der Waals surface area contributed by atoms with Crippen molar-refractivity contribution in [3.8, 4) is 6.07 Å². The summed E-state index contributed by atoms with van der Waals surface area (Å²) in [5.41, 5.74) is 5.64. The van der Waals surface area contributed by atoms with Crippen LogP contribution < -0.4 is 5.73 Å². The molecule has 0 aliphatic carbocycles. The molecule has 0 atom stereocenters. The van der Waals surface area contributed by atoms with Gasteiger partial charge in [-0.3, -0.25) is 4.79 Å². The Labute approximate surface area is 106 Å². The largest absolute Gasteiger partial charge is 0.369 e. The Balaban J connectivity index is 2.96. The fraction of sp³-hybridized carbons (Fsp3) is 0.273. The Morgan fingerprint density at radius 3 is 2.61 bits per heavy atom. The van der Waals surface area contributed by atoms with Crippen LogP contribution in [0.15, 0.2) is 24.3 Å². The molecule has 7 heteroatoms. The zero-order valence-electron chi connectivity index (χ0n) is 9.83. The van der Waals surface area contributed by atoms with Crippen LogP contribution in [0.25, 0.3) is 0 Å². The molecule has 0 aliphatic rings. The second-order valence-electron chi connectivity index (χ2n) is 3.75. The molecular weight excluding hydrogens is 254 g/mol. The number of carbonyl (C=O) groups is 1. The molecule has 1 aromatic carbocycles. The van der Waals surface area contributed by atoms with E-state index in [-0.39, 0.29) is 12.3 Å². The van der Waals surface area contributed by atoms with E-state index in [1.54, 1.807) is 24.3 Å². The van der Waals surface area contributed by atoms with Crippen molar-refractivity contribution in [1.82, 2.24) is 4.31 Å². The van der Waals surface area contributed by atoms with Crippen LogP contribution in [0.1, 0.15) is 11.1 Å². The van der Waals surface area contributed by atoms with Gasteiger partial charge >= 0.3 is 0 Å². The molecule has 0 heterocycles. The van der Waals surface area contributed by atoms with E-state index in [0.717, 1.165) is 4.31 Å². The highest BCUT2D eigenvalue weighted by molar-refractivity contribution is 7.88. The molecule has 0 saturated heterocycles. The van der Waals surface area contributed by atoms with Gasteiger partial charge in [0.1, 0.15) is 0 Å². The topological polar surface area (TPSA) is 104 Å². The van der Waals surface area contributed by atoms with Crippen molar-refractivity contribution in [3.63, 3.8) is 0 Å². The zero-order chi connectivity index (χ0) is 13.8. The lowest BCUT2D eigenvalue weighted by Gasteiger charge is -2.15. The van der Waals surface area contributed by atoms with Crippen molar-refractivity contribution in [2.45, 2.75) is 5.75 Å². The zero-order valence-corrected chi connectivity index (χ0v) is 10.6. The molecule has 0 fully saturated rings. The molecule has 1 aromatic rings. The van der Waals surface area contributed by atoms with Gasteiger partial charge in [0, 0.05) is 7.05 Å². The molecule has 96 valence electrons. The van der Waals surface area contributed by atoms with E-state index in [9.17, 15) is 13.2 Å². The Morgan fingerprint density at radius 2 is 2.06 bits per heavy atom. The van der Waals surface area contributed by atoms with Crippen LogP contribution in [-0.2, 0) is 20.6 Å². The number of carbonyl (C=O) groups excluding carboxylic acids is 1. The van der Waals surface area contributed by atoms with Gasteiger partial charge in [-0.25, -0.2) is 8.42 Å². The predicted molar refractivity (Wildman–Crippen MR) is 65.6 cm³/mol. The SMILES string of the molecule is CN(CC(N)=O)S(=O)(=O)Cc1ccccc1C#N. The molecule has 0 radical (unpaired) electrons. The molecule has 0 aliphatic heterocycles. The average molecular weight is 267 g/mol. The second kappa shape index (κ2) is 5.62.